The molecule has 19 heavy (non-hydrogen) atoms. The summed E-state index contributed by atoms with van der Waals surface area (Å²) in [5, 5.41) is 10.4. The molecule has 0 radical (unpaired) electrons. The molecule has 3 nitrogen and oxygen atoms in total. The van der Waals surface area contributed by atoms with E-state index in [-0.39, 0.29) is 5.91 Å². The zero-order valence-corrected chi connectivity index (χ0v) is 14.0. The number of benzene rings is 1. The summed E-state index contributed by atoms with van der Waals surface area (Å²) in [5.74, 6) is -0.0755. The molecule has 1 aromatic rings. The molecule has 0 spiro atoms. The molecule has 1 N–H and O–H groups in total. The van der Waals surface area contributed by atoms with Gasteiger partial charge in [0.15, 0.2) is 0 Å². The first-order valence-electron chi connectivity index (χ1n) is 6.34. The molecule has 0 heterocycles. The third-order valence-corrected chi connectivity index (χ3v) is 4.76. The number of carbonyl (C=O) groups is 1. The van der Waals surface area contributed by atoms with Gasteiger partial charge in [-0.15, -0.1) is 0 Å². The lowest BCUT2D eigenvalue weighted by Crippen LogP contribution is -2.42. The van der Waals surface area contributed by atoms with E-state index in [0.29, 0.717) is 12.1 Å². The van der Waals surface area contributed by atoms with E-state index in [9.17, 15) is 9.90 Å². The van der Waals surface area contributed by atoms with E-state index in [0.717, 1.165) is 34.6 Å². The van der Waals surface area contributed by atoms with Crippen LogP contribution < -0.4 is 0 Å². The summed E-state index contributed by atoms with van der Waals surface area (Å²) >= 11 is 6.77. The Labute approximate surface area is 130 Å². The summed E-state index contributed by atoms with van der Waals surface area (Å²) in [4.78, 5) is 14.0. The van der Waals surface area contributed by atoms with Gasteiger partial charge in [0.2, 0.25) is 0 Å². The molecule has 0 aromatic heterocycles. The number of likely N-dealkylation sites (N-methyl/N-ethyl adjacent to an activating group) is 1. The largest absolute Gasteiger partial charge is 0.388 e. The van der Waals surface area contributed by atoms with Crippen molar-refractivity contribution < 1.29 is 9.90 Å². The highest BCUT2D eigenvalue weighted by molar-refractivity contribution is 9.11. The molecule has 2 rings (SSSR count). The van der Waals surface area contributed by atoms with Crippen LogP contribution in [-0.4, -0.2) is 35.1 Å². The van der Waals surface area contributed by atoms with E-state index in [4.69, 9.17) is 0 Å². The average molecular weight is 391 g/mol. The summed E-state index contributed by atoms with van der Waals surface area (Å²) in [5.41, 5.74) is -0.0958. The van der Waals surface area contributed by atoms with Crippen molar-refractivity contribution in [3.63, 3.8) is 0 Å². The van der Waals surface area contributed by atoms with E-state index < -0.39 is 5.60 Å². The quantitative estimate of drug-likeness (QED) is 0.856. The van der Waals surface area contributed by atoms with Gasteiger partial charge in [-0.3, -0.25) is 4.79 Å². The van der Waals surface area contributed by atoms with Crippen molar-refractivity contribution in [2.45, 2.75) is 31.3 Å². The molecule has 104 valence electrons. The summed E-state index contributed by atoms with van der Waals surface area (Å²) in [7, 11) is 1.74. The number of rotatable bonds is 3. The smallest absolute Gasteiger partial charge is 0.254 e. The van der Waals surface area contributed by atoms with Crippen LogP contribution in [0.15, 0.2) is 27.1 Å². The topological polar surface area (TPSA) is 40.5 Å². The molecule has 1 aromatic carbocycles. The van der Waals surface area contributed by atoms with E-state index in [1.165, 1.54) is 0 Å². The second kappa shape index (κ2) is 5.94. The van der Waals surface area contributed by atoms with Crippen molar-refractivity contribution in [1.82, 2.24) is 4.90 Å². The van der Waals surface area contributed by atoms with Crippen LogP contribution in [0, 0.1) is 0 Å². The predicted octanol–water partition coefficient (Wildman–Crippen LogP) is 3.59. The third kappa shape index (κ3) is 3.58. The highest BCUT2D eigenvalue weighted by Gasteiger charge is 2.33. The highest BCUT2D eigenvalue weighted by Crippen LogP contribution is 2.31. The van der Waals surface area contributed by atoms with Crippen LogP contribution in [-0.2, 0) is 0 Å². The maximum Gasteiger partial charge on any atom is 0.254 e. The molecule has 0 unspecified atom stereocenters. The minimum Gasteiger partial charge on any atom is -0.388 e. The van der Waals surface area contributed by atoms with Crippen molar-refractivity contribution in [1.29, 1.82) is 0 Å². The van der Waals surface area contributed by atoms with Crippen LogP contribution >= 0.6 is 31.9 Å². The van der Waals surface area contributed by atoms with E-state index in [1.54, 1.807) is 18.0 Å². The maximum atomic E-state index is 12.4. The fraction of sp³-hybridized carbons (Fsp3) is 0.500. The van der Waals surface area contributed by atoms with Crippen molar-refractivity contribution in [2.24, 2.45) is 0 Å². The van der Waals surface area contributed by atoms with Gasteiger partial charge in [-0.05, 0) is 47.0 Å². The first kappa shape index (κ1) is 15.0. The van der Waals surface area contributed by atoms with Crippen LogP contribution in [0.25, 0.3) is 0 Å². The van der Waals surface area contributed by atoms with Crippen molar-refractivity contribution in [2.75, 3.05) is 13.6 Å². The average Bonchev–Trinajstić information content (AvgIpc) is 2.78. The number of hydrogen-bond acceptors (Lipinski definition) is 2. The van der Waals surface area contributed by atoms with Gasteiger partial charge in [-0.1, -0.05) is 28.8 Å². The molecule has 1 saturated carbocycles. The first-order chi connectivity index (χ1) is 8.91. The van der Waals surface area contributed by atoms with Gasteiger partial charge in [0, 0.05) is 22.5 Å². The minimum absolute atomic E-state index is 0.0755. The number of halogens is 2. The predicted molar refractivity (Wildman–Crippen MR) is 82.2 cm³/mol. The number of nitrogens with zero attached hydrogens (tertiary/aromatic N) is 1. The van der Waals surface area contributed by atoms with Crippen LogP contribution in [0.5, 0.6) is 0 Å². The number of carbonyl (C=O) groups excluding carboxylic acids is 1. The van der Waals surface area contributed by atoms with Gasteiger partial charge in [0.25, 0.3) is 5.91 Å². The Morgan fingerprint density at radius 3 is 2.63 bits per heavy atom. The van der Waals surface area contributed by atoms with Crippen LogP contribution in [0.2, 0.25) is 0 Å². The van der Waals surface area contributed by atoms with Crippen LogP contribution in [0.3, 0.4) is 0 Å². The van der Waals surface area contributed by atoms with Gasteiger partial charge in [0.1, 0.15) is 0 Å². The normalized spacial score (nSPS) is 17.5. The Balaban J connectivity index is 2.12. The Kier molecular flexibility index (Phi) is 4.69. The van der Waals surface area contributed by atoms with Crippen molar-refractivity contribution in [3.05, 3.63) is 32.7 Å². The number of amides is 1. The summed E-state index contributed by atoms with van der Waals surface area (Å²) in [6, 6.07) is 5.52. The third-order valence-electron chi connectivity index (χ3n) is 3.57. The van der Waals surface area contributed by atoms with Gasteiger partial charge in [-0.2, -0.15) is 0 Å². The second-order valence-corrected chi connectivity index (χ2v) is 6.99. The van der Waals surface area contributed by atoms with Gasteiger partial charge in [0.05, 0.1) is 11.2 Å². The van der Waals surface area contributed by atoms with E-state index in [1.807, 2.05) is 12.1 Å². The van der Waals surface area contributed by atoms with Crippen molar-refractivity contribution in [3.8, 4) is 0 Å². The first-order valence-corrected chi connectivity index (χ1v) is 7.93. The molecule has 1 aliphatic carbocycles. The van der Waals surface area contributed by atoms with E-state index in [2.05, 4.69) is 31.9 Å². The Bertz CT molecular complexity index is 484. The Morgan fingerprint density at radius 1 is 1.37 bits per heavy atom. The molecular formula is C14H17Br2NO2. The molecule has 0 bridgehead atoms. The lowest BCUT2D eigenvalue weighted by atomic mass is 10.0. The molecule has 0 aliphatic heterocycles. The molecule has 5 heteroatoms. The SMILES string of the molecule is CN(CC1(O)CCCC1)C(=O)c1cc(Br)ccc1Br. The molecule has 1 amide bonds. The van der Waals surface area contributed by atoms with Crippen LogP contribution in [0.1, 0.15) is 36.0 Å². The fourth-order valence-electron chi connectivity index (χ4n) is 2.57. The van der Waals surface area contributed by atoms with Crippen molar-refractivity contribution >= 4 is 37.8 Å². The molecule has 0 saturated heterocycles. The molecule has 1 fully saturated rings. The zero-order valence-electron chi connectivity index (χ0n) is 10.8. The van der Waals surface area contributed by atoms with Gasteiger partial charge >= 0.3 is 0 Å². The van der Waals surface area contributed by atoms with Gasteiger partial charge < -0.3 is 10.0 Å². The fourth-order valence-corrected chi connectivity index (χ4v) is 3.35. The monoisotopic (exact) mass is 389 g/mol. The lowest BCUT2D eigenvalue weighted by Gasteiger charge is -2.29. The number of aliphatic hydroxyl groups is 1. The Hall–Kier alpha value is -0.390. The second-order valence-electron chi connectivity index (χ2n) is 5.22. The minimum atomic E-state index is -0.705. The van der Waals surface area contributed by atoms with E-state index >= 15 is 0 Å². The number of hydrogen-bond donors (Lipinski definition) is 1. The lowest BCUT2D eigenvalue weighted by molar-refractivity contribution is 0.0156. The summed E-state index contributed by atoms with van der Waals surface area (Å²) in [6.45, 7) is 0.394. The molecule has 1 aliphatic rings. The standard InChI is InChI=1S/C14H17Br2NO2/c1-17(9-14(19)6-2-3-7-14)13(18)11-8-10(15)4-5-12(11)16/h4-5,8,19H,2-3,6-7,9H2,1H3. The van der Waals surface area contributed by atoms with Gasteiger partial charge in [-0.25, -0.2) is 0 Å². The zero-order chi connectivity index (χ0) is 14.0. The highest BCUT2D eigenvalue weighted by atomic mass is 79.9. The molecule has 0 atom stereocenters. The summed E-state index contributed by atoms with van der Waals surface area (Å²) in [6.07, 6.45) is 3.65. The molecular weight excluding hydrogens is 374 g/mol. The maximum absolute atomic E-state index is 12.4. The van der Waals surface area contributed by atoms with Crippen LogP contribution in [0.4, 0.5) is 0 Å². The Morgan fingerprint density at radius 2 is 2.00 bits per heavy atom. The summed E-state index contributed by atoms with van der Waals surface area (Å²) < 4.78 is 1.64.